The summed E-state index contributed by atoms with van der Waals surface area (Å²) in [5.74, 6) is -0.468. The number of aryl methyl sites for hydroxylation is 1. The molecule has 168 valence electrons. The van der Waals surface area contributed by atoms with Crippen molar-refractivity contribution in [1.82, 2.24) is 15.6 Å². The summed E-state index contributed by atoms with van der Waals surface area (Å²) >= 11 is 7.33. The number of fused-ring (bicyclic) bond motifs is 1. The van der Waals surface area contributed by atoms with Gasteiger partial charge in [-0.3, -0.25) is 9.59 Å². The molecule has 2 amide bonds. The molecular formula is C23H23ClFN3O3S. The molecule has 0 bridgehead atoms. The second kappa shape index (κ2) is 9.83. The van der Waals surface area contributed by atoms with Gasteiger partial charge in [-0.2, -0.15) is 0 Å². The molecule has 1 heterocycles. The van der Waals surface area contributed by atoms with Crippen LogP contribution < -0.4 is 15.4 Å². The van der Waals surface area contributed by atoms with E-state index in [1.807, 2.05) is 6.07 Å². The van der Waals surface area contributed by atoms with Gasteiger partial charge in [-0.15, -0.1) is 11.3 Å². The van der Waals surface area contributed by atoms with E-state index in [9.17, 15) is 14.0 Å². The summed E-state index contributed by atoms with van der Waals surface area (Å²) in [4.78, 5) is 29.1. The lowest BCUT2D eigenvalue weighted by Crippen LogP contribution is -2.44. The molecule has 3 aromatic rings. The number of halogens is 2. The van der Waals surface area contributed by atoms with Crippen molar-refractivity contribution in [3.05, 3.63) is 57.8 Å². The van der Waals surface area contributed by atoms with Crippen LogP contribution in [-0.4, -0.2) is 35.5 Å². The van der Waals surface area contributed by atoms with Crippen LogP contribution in [0.5, 0.6) is 5.75 Å². The Kier molecular flexibility index (Phi) is 6.91. The normalized spacial score (nSPS) is 18.3. The Morgan fingerprint density at radius 1 is 1.12 bits per heavy atom. The van der Waals surface area contributed by atoms with Crippen molar-refractivity contribution in [1.29, 1.82) is 0 Å². The van der Waals surface area contributed by atoms with E-state index < -0.39 is 0 Å². The molecular weight excluding hydrogens is 453 g/mol. The van der Waals surface area contributed by atoms with Crippen molar-refractivity contribution in [3.63, 3.8) is 0 Å². The highest BCUT2D eigenvalue weighted by Gasteiger charge is 2.25. The maximum absolute atomic E-state index is 13.6. The molecule has 1 aromatic heterocycles. The number of hydrogen-bond acceptors (Lipinski definition) is 5. The highest BCUT2D eigenvalue weighted by molar-refractivity contribution is 7.20. The first-order chi connectivity index (χ1) is 15.4. The van der Waals surface area contributed by atoms with Crippen LogP contribution in [0.2, 0.25) is 5.02 Å². The van der Waals surface area contributed by atoms with Crippen molar-refractivity contribution >= 4 is 45.0 Å². The third-order valence-electron chi connectivity index (χ3n) is 5.48. The number of ether oxygens (including phenoxy) is 1. The highest BCUT2D eigenvalue weighted by atomic mass is 35.5. The monoisotopic (exact) mass is 475 g/mol. The van der Waals surface area contributed by atoms with E-state index in [4.69, 9.17) is 16.3 Å². The number of carbonyl (C=O) groups is 2. The average Bonchev–Trinajstić information content (AvgIpc) is 3.19. The Morgan fingerprint density at radius 2 is 1.84 bits per heavy atom. The quantitative estimate of drug-likeness (QED) is 0.544. The molecule has 0 spiro atoms. The van der Waals surface area contributed by atoms with E-state index in [1.54, 1.807) is 31.2 Å². The van der Waals surface area contributed by atoms with Gasteiger partial charge in [0.15, 0.2) is 11.6 Å². The van der Waals surface area contributed by atoms with E-state index >= 15 is 0 Å². The van der Waals surface area contributed by atoms with Gasteiger partial charge < -0.3 is 15.4 Å². The smallest absolute Gasteiger partial charge is 0.280 e. The summed E-state index contributed by atoms with van der Waals surface area (Å²) in [6.07, 6.45) is 3.03. The molecule has 1 fully saturated rings. The lowest BCUT2D eigenvalue weighted by atomic mass is 9.91. The van der Waals surface area contributed by atoms with Gasteiger partial charge in [0.05, 0.1) is 10.2 Å². The van der Waals surface area contributed by atoms with Crippen LogP contribution in [0.15, 0.2) is 36.4 Å². The molecule has 4 rings (SSSR count). The number of nitrogens with one attached hydrogen (secondary N) is 2. The number of amides is 2. The molecule has 2 N–H and O–H groups in total. The predicted molar refractivity (Wildman–Crippen MR) is 123 cm³/mol. The molecule has 0 saturated heterocycles. The zero-order chi connectivity index (χ0) is 22.7. The van der Waals surface area contributed by atoms with E-state index in [-0.39, 0.29) is 36.3 Å². The van der Waals surface area contributed by atoms with Gasteiger partial charge in [0.2, 0.25) is 0 Å². The van der Waals surface area contributed by atoms with Crippen LogP contribution in [0.4, 0.5) is 4.39 Å². The van der Waals surface area contributed by atoms with Crippen LogP contribution in [0.25, 0.3) is 10.2 Å². The molecule has 9 heteroatoms. The lowest BCUT2D eigenvalue weighted by Gasteiger charge is -2.29. The van der Waals surface area contributed by atoms with Gasteiger partial charge in [0.25, 0.3) is 11.8 Å². The van der Waals surface area contributed by atoms with Gasteiger partial charge in [-0.05, 0) is 62.4 Å². The Bertz CT molecular complexity index is 1140. The first kappa shape index (κ1) is 22.5. The predicted octanol–water partition coefficient (Wildman–Crippen LogP) is 4.63. The molecule has 1 saturated carbocycles. The van der Waals surface area contributed by atoms with Gasteiger partial charge in [-0.25, -0.2) is 9.37 Å². The topological polar surface area (TPSA) is 80.3 Å². The molecule has 0 unspecified atom stereocenters. The van der Waals surface area contributed by atoms with Crippen molar-refractivity contribution in [2.24, 2.45) is 0 Å². The molecule has 6 nitrogen and oxygen atoms in total. The van der Waals surface area contributed by atoms with Crippen molar-refractivity contribution in [2.45, 2.75) is 44.7 Å². The molecule has 0 radical (unpaired) electrons. The molecule has 1 aliphatic rings. The van der Waals surface area contributed by atoms with Crippen LogP contribution in [-0.2, 0) is 4.79 Å². The van der Waals surface area contributed by atoms with Gasteiger partial charge in [-0.1, -0.05) is 17.7 Å². The fourth-order valence-corrected chi connectivity index (χ4v) is 4.72. The highest BCUT2D eigenvalue weighted by Crippen LogP contribution is 2.26. The fourth-order valence-electron chi connectivity index (χ4n) is 3.71. The fraction of sp³-hybridized carbons (Fsp3) is 0.348. The Labute approximate surface area is 194 Å². The first-order valence-electron chi connectivity index (χ1n) is 10.4. The lowest BCUT2D eigenvalue weighted by molar-refractivity contribution is -0.124. The molecule has 1 aliphatic carbocycles. The average molecular weight is 476 g/mol. The van der Waals surface area contributed by atoms with Crippen LogP contribution in [0.1, 0.15) is 41.0 Å². The van der Waals surface area contributed by atoms with Gasteiger partial charge in [0.1, 0.15) is 11.6 Å². The molecule has 0 atom stereocenters. The van der Waals surface area contributed by atoms with E-state index in [0.717, 1.165) is 35.9 Å². The maximum Gasteiger partial charge on any atom is 0.280 e. The summed E-state index contributed by atoms with van der Waals surface area (Å²) < 4.78 is 19.9. The maximum atomic E-state index is 13.6. The summed E-state index contributed by atoms with van der Waals surface area (Å²) in [5.41, 5.74) is 1.24. The minimum Gasteiger partial charge on any atom is -0.484 e. The van der Waals surface area contributed by atoms with Crippen molar-refractivity contribution < 1.29 is 18.7 Å². The van der Waals surface area contributed by atoms with E-state index in [1.165, 1.54) is 17.4 Å². The number of nitrogens with zero attached hydrogens (tertiary/aromatic N) is 1. The zero-order valence-corrected chi connectivity index (χ0v) is 19.1. The second-order valence-corrected chi connectivity index (χ2v) is 9.39. The first-order valence-corrected chi connectivity index (χ1v) is 11.6. The van der Waals surface area contributed by atoms with Crippen LogP contribution in [0.3, 0.4) is 0 Å². The third-order valence-corrected chi connectivity index (χ3v) is 6.75. The van der Waals surface area contributed by atoms with Crippen molar-refractivity contribution in [2.75, 3.05) is 6.61 Å². The molecule has 0 aliphatic heterocycles. The molecule has 2 aromatic carbocycles. The minimum atomic E-state index is -0.363. The number of benzene rings is 2. The summed E-state index contributed by atoms with van der Waals surface area (Å²) in [5, 5.41) is 7.00. The number of rotatable bonds is 6. The third kappa shape index (κ3) is 5.55. The Morgan fingerprint density at radius 3 is 2.56 bits per heavy atom. The second-order valence-electron chi connectivity index (χ2n) is 7.92. The standard InChI is InChI=1S/C23H23ClFN3O3S/c1-13-2-8-17(11-18(13)25)31-12-21(29)26-15-4-6-16(7-5-15)27-22(30)23-28-19-10-14(24)3-9-20(19)32-23/h2-3,8-11,15-16H,4-7,12H2,1H3,(H,26,29)(H,27,30). The van der Waals surface area contributed by atoms with E-state index in [0.29, 0.717) is 21.3 Å². The van der Waals surface area contributed by atoms with Crippen molar-refractivity contribution in [3.8, 4) is 5.75 Å². The Balaban J connectivity index is 1.21. The number of thiazole rings is 1. The summed E-state index contributed by atoms with van der Waals surface area (Å²) in [6, 6.07) is 9.98. The number of carbonyl (C=O) groups excluding carboxylic acids is 2. The van der Waals surface area contributed by atoms with Gasteiger partial charge in [0, 0.05) is 23.2 Å². The number of hydrogen-bond donors (Lipinski definition) is 2. The number of aromatic nitrogens is 1. The summed E-state index contributed by atoms with van der Waals surface area (Å²) in [7, 11) is 0. The summed E-state index contributed by atoms with van der Waals surface area (Å²) in [6.45, 7) is 1.50. The van der Waals surface area contributed by atoms with Crippen LogP contribution >= 0.6 is 22.9 Å². The SMILES string of the molecule is Cc1ccc(OCC(=O)NC2CCC(NC(=O)c3nc4cc(Cl)ccc4s3)CC2)cc1F. The minimum absolute atomic E-state index is 0.0265. The largest absolute Gasteiger partial charge is 0.484 e. The molecule has 32 heavy (non-hydrogen) atoms. The Hall–Kier alpha value is -2.71. The van der Waals surface area contributed by atoms with Gasteiger partial charge >= 0.3 is 0 Å². The zero-order valence-electron chi connectivity index (χ0n) is 17.5. The van der Waals surface area contributed by atoms with E-state index in [2.05, 4.69) is 15.6 Å². The van der Waals surface area contributed by atoms with Crippen LogP contribution in [0, 0.1) is 12.7 Å².